The van der Waals surface area contributed by atoms with Crippen molar-refractivity contribution in [3.05, 3.63) is 47.3 Å². The molecule has 0 saturated heterocycles. The monoisotopic (exact) mass is 395 g/mol. The van der Waals surface area contributed by atoms with E-state index in [0.717, 1.165) is 41.1 Å². The summed E-state index contributed by atoms with van der Waals surface area (Å²) in [5, 5.41) is 14.2. The predicted octanol–water partition coefficient (Wildman–Crippen LogP) is 2.95. The van der Waals surface area contributed by atoms with Crippen LogP contribution < -0.4 is 9.47 Å². The van der Waals surface area contributed by atoms with Gasteiger partial charge < -0.3 is 24.3 Å². The third-order valence-electron chi connectivity index (χ3n) is 6.01. The van der Waals surface area contributed by atoms with Gasteiger partial charge >= 0.3 is 0 Å². The van der Waals surface area contributed by atoms with E-state index in [2.05, 4.69) is 11.2 Å². The Kier molecular flexibility index (Phi) is 4.54. The lowest BCUT2D eigenvalue weighted by atomic mass is 9.75. The molecule has 4 aliphatic rings. The van der Waals surface area contributed by atoms with Crippen LogP contribution in [0.2, 0.25) is 0 Å². The van der Waals surface area contributed by atoms with Crippen LogP contribution in [-0.2, 0) is 4.84 Å². The average molecular weight is 395 g/mol. The van der Waals surface area contributed by atoms with Gasteiger partial charge in [0.1, 0.15) is 5.84 Å². The minimum absolute atomic E-state index is 0.123. The number of rotatable bonds is 3. The van der Waals surface area contributed by atoms with Crippen LogP contribution in [0.25, 0.3) is 0 Å². The molecule has 1 saturated carbocycles. The highest BCUT2D eigenvalue weighted by Crippen LogP contribution is 2.44. The van der Waals surface area contributed by atoms with E-state index >= 15 is 0 Å². The summed E-state index contributed by atoms with van der Waals surface area (Å²) >= 11 is 0. The van der Waals surface area contributed by atoms with Gasteiger partial charge in [-0.05, 0) is 50.0 Å². The van der Waals surface area contributed by atoms with Gasteiger partial charge in [-0.15, -0.1) is 0 Å². The SMILES string of the molecule is CCOc1cc2c(cc1OC)C(N1C=CC3ON=CC3=C1)=NC1CCC(O)CC21. The Labute approximate surface area is 170 Å². The van der Waals surface area contributed by atoms with Crippen LogP contribution in [0.15, 0.2) is 46.3 Å². The second-order valence-corrected chi connectivity index (χ2v) is 7.76. The molecule has 1 N–H and O–H groups in total. The van der Waals surface area contributed by atoms with E-state index in [0.29, 0.717) is 18.8 Å². The Bertz CT molecular complexity index is 936. The van der Waals surface area contributed by atoms with E-state index in [1.54, 1.807) is 13.3 Å². The van der Waals surface area contributed by atoms with Crippen molar-refractivity contribution >= 4 is 12.1 Å². The standard InChI is InChI=1S/C22H25N3O4/c1-3-28-21-9-15-16-8-14(26)4-5-18(16)24-22(17(15)10-20(21)27-2)25-7-6-19-13(12-25)11-23-29-19/h6-7,9-12,14,16,18-19,26H,3-5,8H2,1-2H3. The minimum atomic E-state index is -0.289. The van der Waals surface area contributed by atoms with Gasteiger partial charge in [-0.25, -0.2) is 0 Å². The van der Waals surface area contributed by atoms with Gasteiger partial charge in [-0.1, -0.05) is 5.16 Å². The summed E-state index contributed by atoms with van der Waals surface area (Å²) in [4.78, 5) is 12.5. The maximum atomic E-state index is 10.3. The van der Waals surface area contributed by atoms with Crippen molar-refractivity contribution in [3.63, 3.8) is 0 Å². The lowest BCUT2D eigenvalue weighted by molar-refractivity contribution is 0.110. The van der Waals surface area contributed by atoms with Crippen LogP contribution in [0.5, 0.6) is 11.5 Å². The first kappa shape index (κ1) is 18.2. The van der Waals surface area contributed by atoms with Crippen molar-refractivity contribution in [2.24, 2.45) is 10.1 Å². The van der Waals surface area contributed by atoms with Crippen LogP contribution in [0.4, 0.5) is 0 Å². The molecule has 29 heavy (non-hydrogen) atoms. The highest BCUT2D eigenvalue weighted by molar-refractivity contribution is 6.04. The highest BCUT2D eigenvalue weighted by Gasteiger charge is 2.38. The van der Waals surface area contributed by atoms with Crippen molar-refractivity contribution in [1.29, 1.82) is 0 Å². The smallest absolute Gasteiger partial charge is 0.175 e. The number of aliphatic hydroxyl groups excluding tert-OH is 1. The van der Waals surface area contributed by atoms with E-state index in [1.165, 1.54) is 0 Å². The average Bonchev–Trinajstić information content (AvgIpc) is 3.21. The van der Waals surface area contributed by atoms with E-state index < -0.39 is 0 Å². The molecular formula is C22H25N3O4. The number of methoxy groups -OCH3 is 1. The molecule has 3 heterocycles. The van der Waals surface area contributed by atoms with Gasteiger partial charge in [0.15, 0.2) is 17.6 Å². The van der Waals surface area contributed by atoms with Crippen LogP contribution in [0.3, 0.4) is 0 Å². The molecule has 3 aliphatic heterocycles. The molecule has 5 rings (SSSR count). The van der Waals surface area contributed by atoms with Crippen molar-refractivity contribution < 1.29 is 19.4 Å². The van der Waals surface area contributed by atoms with Crippen molar-refractivity contribution in [3.8, 4) is 11.5 Å². The number of oxime groups is 1. The van der Waals surface area contributed by atoms with Gasteiger partial charge in [0.2, 0.25) is 0 Å². The quantitative estimate of drug-likeness (QED) is 0.852. The van der Waals surface area contributed by atoms with E-state index in [4.69, 9.17) is 19.3 Å². The Hall–Kier alpha value is -2.80. The summed E-state index contributed by atoms with van der Waals surface area (Å²) in [6, 6.07) is 4.22. The molecule has 1 aromatic carbocycles. The molecule has 152 valence electrons. The molecule has 0 aromatic heterocycles. The first-order valence-electron chi connectivity index (χ1n) is 10.2. The second kappa shape index (κ2) is 7.22. The van der Waals surface area contributed by atoms with Crippen molar-refractivity contribution in [1.82, 2.24) is 4.90 Å². The summed E-state index contributed by atoms with van der Waals surface area (Å²) in [5.41, 5.74) is 3.17. The normalized spacial score (nSPS) is 29.3. The summed E-state index contributed by atoms with van der Waals surface area (Å²) in [6.07, 6.45) is 9.67. The first-order valence-corrected chi connectivity index (χ1v) is 10.2. The van der Waals surface area contributed by atoms with E-state index in [1.807, 2.05) is 36.4 Å². The molecule has 4 atom stereocenters. The molecule has 0 spiro atoms. The second-order valence-electron chi connectivity index (χ2n) is 7.76. The number of hydrogen-bond donors (Lipinski definition) is 1. The third kappa shape index (κ3) is 3.09. The lowest BCUT2D eigenvalue weighted by Crippen LogP contribution is -2.38. The van der Waals surface area contributed by atoms with Gasteiger partial charge in [-0.3, -0.25) is 4.99 Å². The van der Waals surface area contributed by atoms with Crippen LogP contribution >= 0.6 is 0 Å². The zero-order valence-electron chi connectivity index (χ0n) is 16.6. The molecule has 0 radical (unpaired) electrons. The molecule has 1 aliphatic carbocycles. The third-order valence-corrected chi connectivity index (χ3v) is 6.01. The number of aliphatic imine (C=N–C) groups is 1. The fourth-order valence-corrected chi connectivity index (χ4v) is 4.61. The number of nitrogens with zero attached hydrogens (tertiary/aromatic N) is 3. The van der Waals surface area contributed by atoms with Gasteiger partial charge in [0.25, 0.3) is 0 Å². The molecular weight excluding hydrogens is 370 g/mol. The highest BCUT2D eigenvalue weighted by atomic mass is 16.6. The number of benzene rings is 1. The summed E-state index contributed by atoms with van der Waals surface area (Å²) in [6.45, 7) is 2.53. The van der Waals surface area contributed by atoms with Gasteiger partial charge in [-0.2, -0.15) is 0 Å². The number of ether oxygens (including phenoxy) is 2. The number of aliphatic hydroxyl groups is 1. The van der Waals surface area contributed by atoms with Crippen LogP contribution in [-0.4, -0.2) is 54.0 Å². The summed E-state index contributed by atoms with van der Waals surface area (Å²) < 4.78 is 11.4. The van der Waals surface area contributed by atoms with Crippen LogP contribution in [0.1, 0.15) is 43.2 Å². The Balaban J connectivity index is 1.62. The first-order chi connectivity index (χ1) is 14.2. The maximum absolute atomic E-state index is 10.3. The molecule has 1 aromatic rings. The molecule has 4 unspecified atom stereocenters. The zero-order chi connectivity index (χ0) is 20.0. The van der Waals surface area contributed by atoms with Crippen molar-refractivity contribution in [2.45, 2.75) is 50.4 Å². The number of amidine groups is 1. The molecule has 7 heteroatoms. The van der Waals surface area contributed by atoms with Crippen molar-refractivity contribution in [2.75, 3.05) is 13.7 Å². The van der Waals surface area contributed by atoms with Gasteiger partial charge in [0, 0.05) is 29.5 Å². The summed E-state index contributed by atoms with van der Waals surface area (Å²) in [5.74, 6) is 2.47. The van der Waals surface area contributed by atoms with Gasteiger partial charge in [0.05, 0.1) is 32.1 Å². The largest absolute Gasteiger partial charge is 0.493 e. The number of fused-ring (bicyclic) bond motifs is 4. The maximum Gasteiger partial charge on any atom is 0.175 e. The Morgan fingerprint density at radius 1 is 1.28 bits per heavy atom. The Morgan fingerprint density at radius 2 is 2.17 bits per heavy atom. The topological polar surface area (TPSA) is 75.9 Å². The molecule has 7 nitrogen and oxygen atoms in total. The minimum Gasteiger partial charge on any atom is -0.493 e. The van der Waals surface area contributed by atoms with E-state index in [-0.39, 0.29) is 24.2 Å². The summed E-state index contributed by atoms with van der Waals surface area (Å²) in [7, 11) is 1.65. The lowest BCUT2D eigenvalue weighted by Gasteiger charge is -2.39. The van der Waals surface area contributed by atoms with Crippen LogP contribution in [0, 0.1) is 0 Å². The fourth-order valence-electron chi connectivity index (χ4n) is 4.61. The Morgan fingerprint density at radius 3 is 3.00 bits per heavy atom. The zero-order valence-corrected chi connectivity index (χ0v) is 16.6. The molecule has 0 bridgehead atoms. The van der Waals surface area contributed by atoms with E-state index in [9.17, 15) is 5.11 Å². The molecule has 0 amide bonds. The fraction of sp³-hybridized carbons (Fsp3) is 0.455. The number of hydrogen-bond acceptors (Lipinski definition) is 7. The predicted molar refractivity (Wildman–Crippen MR) is 110 cm³/mol. The molecule has 1 fully saturated rings.